The van der Waals surface area contributed by atoms with E-state index >= 15 is 0 Å². The summed E-state index contributed by atoms with van der Waals surface area (Å²) in [5.41, 5.74) is 2.51. The molecule has 1 aliphatic rings. The second-order valence-corrected chi connectivity index (χ2v) is 6.56. The third-order valence-electron chi connectivity index (χ3n) is 5.04. The molecule has 23 heavy (non-hydrogen) atoms. The number of carboxylic acid groups (broad SMARTS) is 1. The molecule has 3 heteroatoms. The van der Waals surface area contributed by atoms with Crippen LogP contribution in [-0.2, 0) is 16.8 Å². The van der Waals surface area contributed by atoms with Crippen LogP contribution in [-0.4, -0.2) is 15.6 Å². The molecule has 2 aromatic rings. The number of carbonyl (C=O) groups is 1. The van der Waals surface area contributed by atoms with Gasteiger partial charge in [0.05, 0.1) is 0 Å². The zero-order valence-electron chi connectivity index (χ0n) is 13.8. The van der Waals surface area contributed by atoms with Crippen molar-refractivity contribution in [1.82, 2.24) is 4.57 Å². The molecule has 0 atom stereocenters. The Hall–Kier alpha value is -2.03. The fourth-order valence-electron chi connectivity index (χ4n) is 3.94. The number of aryl methyl sites for hydroxylation is 1. The molecule has 0 amide bonds. The van der Waals surface area contributed by atoms with E-state index in [9.17, 15) is 9.90 Å². The lowest BCUT2D eigenvalue weighted by molar-refractivity contribution is -0.149. The van der Waals surface area contributed by atoms with Gasteiger partial charge in [-0.25, -0.2) is 4.79 Å². The van der Waals surface area contributed by atoms with Gasteiger partial charge in [-0.3, -0.25) is 0 Å². The third kappa shape index (κ3) is 2.80. The van der Waals surface area contributed by atoms with Gasteiger partial charge in [-0.15, -0.1) is 0 Å². The van der Waals surface area contributed by atoms with Crippen LogP contribution in [0.25, 0.3) is 11.3 Å². The quantitative estimate of drug-likeness (QED) is 0.857. The van der Waals surface area contributed by atoms with E-state index in [-0.39, 0.29) is 0 Å². The molecule has 3 nitrogen and oxygen atoms in total. The first-order chi connectivity index (χ1) is 11.2. The Morgan fingerprint density at radius 2 is 1.78 bits per heavy atom. The molecule has 1 aromatic heterocycles. The highest BCUT2D eigenvalue weighted by Crippen LogP contribution is 2.40. The third-order valence-corrected chi connectivity index (χ3v) is 5.04. The molecule has 1 aliphatic carbocycles. The molecule has 1 fully saturated rings. The summed E-state index contributed by atoms with van der Waals surface area (Å²) >= 11 is 0. The molecular weight excluding hydrogens is 286 g/mol. The van der Waals surface area contributed by atoms with Crippen LogP contribution in [0.3, 0.4) is 0 Å². The molecule has 1 heterocycles. The van der Waals surface area contributed by atoms with Gasteiger partial charge in [-0.1, -0.05) is 62.9 Å². The van der Waals surface area contributed by atoms with Crippen molar-refractivity contribution in [3.8, 4) is 11.3 Å². The van der Waals surface area contributed by atoms with Crippen molar-refractivity contribution in [2.75, 3.05) is 0 Å². The first kappa shape index (κ1) is 15.9. The molecule has 0 radical (unpaired) electrons. The van der Waals surface area contributed by atoms with Gasteiger partial charge in [0.1, 0.15) is 5.54 Å². The van der Waals surface area contributed by atoms with Crippen LogP contribution < -0.4 is 0 Å². The largest absolute Gasteiger partial charge is 0.479 e. The van der Waals surface area contributed by atoms with Crippen molar-refractivity contribution in [3.63, 3.8) is 0 Å². The predicted molar refractivity (Wildman–Crippen MR) is 92.6 cm³/mol. The summed E-state index contributed by atoms with van der Waals surface area (Å²) in [6.07, 6.45) is 6.52. The Bertz CT molecular complexity index is 666. The van der Waals surface area contributed by atoms with Crippen molar-refractivity contribution in [1.29, 1.82) is 0 Å². The van der Waals surface area contributed by atoms with E-state index in [1.165, 1.54) is 0 Å². The lowest BCUT2D eigenvalue weighted by atomic mass is 9.80. The van der Waals surface area contributed by atoms with E-state index in [4.69, 9.17) is 0 Å². The number of aromatic nitrogens is 1. The minimum Gasteiger partial charge on any atom is -0.479 e. The fraction of sp³-hybridized carbons (Fsp3) is 0.450. The monoisotopic (exact) mass is 311 g/mol. The lowest BCUT2D eigenvalue weighted by Crippen LogP contribution is -2.44. The van der Waals surface area contributed by atoms with Crippen LogP contribution in [0.15, 0.2) is 42.5 Å². The normalized spacial score (nSPS) is 17.1. The van der Waals surface area contributed by atoms with Crippen LogP contribution in [0, 0.1) is 0 Å². The van der Waals surface area contributed by atoms with Crippen LogP contribution in [0.2, 0.25) is 0 Å². The van der Waals surface area contributed by atoms with Gasteiger partial charge in [-0.2, -0.15) is 0 Å². The molecule has 0 bridgehead atoms. The summed E-state index contributed by atoms with van der Waals surface area (Å²) in [5.74, 6) is -0.678. The topological polar surface area (TPSA) is 42.2 Å². The number of carboxylic acids is 1. The Labute approximate surface area is 138 Å². The zero-order chi connectivity index (χ0) is 16.3. The van der Waals surface area contributed by atoms with Crippen molar-refractivity contribution in [2.45, 2.75) is 57.4 Å². The molecule has 1 aromatic carbocycles. The van der Waals surface area contributed by atoms with Crippen molar-refractivity contribution in [2.24, 2.45) is 0 Å². The second-order valence-electron chi connectivity index (χ2n) is 6.56. The zero-order valence-corrected chi connectivity index (χ0v) is 13.8. The molecule has 0 saturated heterocycles. The van der Waals surface area contributed by atoms with Gasteiger partial charge in [0.25, 0.3) is 0 Å². The maximum absolute atomic E-state index is 12.3. The summed E-state index contributed by atoms with van der Waals surface area (Å²) in [7, 11) is 0. The van der Waals surface area contributed by atoms with Crippen molar-refractivity contribution < 1.29 is 9.90 Å². The summed E-state index contributed by atoms with van der Waals surface area (Å²) < 4.78 is 2.15. The fourth-order valence-corrected chi connectivity index (χ4v) is 3.94. The number of nitrogens with zero attached hydrogens (tertiary/aromatic N) is 1. The number of benzene rings is 1. The molecule has 0 unspecified atom stereocenters. The van der Waals surface area contributed by atoms with Crippen LogP contribution in [0.4, 0.5) is 0 Å². The molecular formula is C20H25NO2. The highest BCUT2D eigenvalue weighted by atomic mass is 16.4. The summed E-state index contributed by atoms with van der Waals surface area (Å²) in [6.45, 7) is 2.15. The molecule has 1 saturated carbocycles. The number of hydrogen-bond donors (Lipinski definition) is 1. The van der Waals surface area contributed by atoms with Crippen LogP contribution >= 0.6 is 0 Å². The minimum absolute atomic E-state index is 0.678. The van der Waals surface area contributed by atoms with Gasteiger partial charge in [0.15, 0.2) is 0 Å². The van der Waals surface area contributed by atoms with E-state index in [1.807, 2.05) is 18.2 Å². The Morgan fingerprint density at radius 3 is 2.39 bits per heavy atom. The van der Waals surface area contributed by atoms with E-state index in [1.54, 1.807) is 0 Å². The summed E-state index contributed by atoms with van der Waals surface area (Å²) in [4.78, 5) is 12.3. The van der Waals surface area contributed by atoms with Gasteiger partial charge < -0.3 is 9.67 Å². The van der Waals surface area contributed by atoms with Crippen LogP contribution in [0.5, 0.6) is 0 Å². The summed E-state index contributed by atoms with van der Waals surface area (Å²) in [6, 6.07) is 14.4. The lowest BCUT2D eigenvalue weighted by Gasteiger charge is -2.38. The highest BCUT2D eigenvalue weighted by molar-refractivity contribution is 5.79. The van der Waals surface area contributed by atoms with Gasteiger partial charge >= 0.3 is 5.97 Å². The number of aliphatic carboxylic acids is 1. The van der Waals surface area contributed by atoms with Gasteiger partial charge in [0.2, 0.25) is 0 Å². The first-order valence-corrected chi connectivity index (χ1v) is 8.69. The van der Waals surface area contributed by atoms with Crippen molar-refractivity contribution in [3.05, 3.63) is 48.2 Å². The average Bonchev–Trinajstić information content (AvgIpc) is 3.01. The summed E-state index contributed by atoms with van der Waals surface area (Å²) in [5, 5.41) is 10.1. The molecule has 1 N–H and O–H groups in total. The van der Waals surface area contributed by atoms with Crippen molar-refractivity contribution >= 4 is 5.97 Å². The molecule has 3 rings (SSSR count). The SMILES string of the molecule is CCCc1ccc(-c2ccccc2)n1C1(C(=O)O)CCCCC1. The predicted octanol–water partition coefficient (Wildman–Crippen LogP) is 4.85. The van der Waals surface area contributed by atoms with E-state index in [0.29, 0.717) is 0 Å². The molecule has 122 valence electrons. The Balaban J connectivity index is 2.18. The Kier molecular flexibility index (Phi) is 4.56. The molecule has 0 aliphatic heterocycles. The molecule has 0 spiro atoms. The van der Waals surface area contributed by atoms with E-state index in [0.717, 1.165) is 61.9 Å². The Morgan fingerprint density at radius 1 is 1.09 bits per heavy atom. The van der Waals surface area contributed by atoms with E-state index < -0.39 is 11.5 Å². The van der Waals surface area contributed by atoms with E-state index in [2.05, 4.69) is 35.8 Å². The number of rotatable bonds is 5. The van der Waals surface area contributed by atoms with Gasteiger partial charge in [-0.05, 0) is 37.0 Å². The minimum atomic E-state index is -0.780. The van der Waals surface area contributed by atoms with Crippen LogP contribution in [0.1, 0.15) is 51.1 Å². The second kappa shape index (κ2) is 6.61. The smallest absolute Gasteiger partial charge is 0.329 e. The maximum atomic E-state index is 12.3. The highest BCUT2D eigenvalue weighted by Gasteiger charge is 2.43. The van der Waals surface area contributed by atoms with Gasteiger partial charge in [0, 0.05) is 11.4 Å². The first-order valence-electron chi connectivity index (χ1n) is 8.69. The maximum Gasteiger partial charge on any atom is 0.329 e. The number of hydrogen-bond acceptors (Lipinski definition) is 1. The standard InChI is InChI=1S/C20H25NO2/c1-2-9-17-12-13-18(16-10-5-3-6-11-16)21(17)20(19(22)23)14-7-4-8-15-20/h3,5-6,10-13H,2,4,7-9,14-15H2,1H3,(H,22,23). The average molecular weight is 311 g/mol.